The van der Waals surface area contributed by atoms with E-state index in [9.17, 15) is 4.39 Å². The number of hydrogen-bond donors (Lipinski definition) is 1. The maximum Gasteiger partial charge on any atom is 0.131 e. The fourth-order valence-corrected chi connectivity index (χ4v) is 2.30. The number of ether oxygens (including phenoxy) is 1. The van der Waals surface area contributed by atoms with Crippen LogP contribution >= 0.6 is 0 Å². The van der Waals surface area contributed by atoms with Crippen LogP contribution in [0, 0.1) is 5.82 Å². The summed E-state index contributed by atoms with van der Waals surface area (Å²) in [4.78, 5) is 2.28. The van der Waals surface area contributed by atoms with E-state index in [4.69, 9.17) is 10.5 Å². The molecule has 1 aromatic carbocycles. The van der Waals surface area contributed by atoms with E-state index in [1.807, 2.05) is 0 Å². The first-order valence-electron chi connectivity index (χ1n) is 7.28. The minimum absolute atomic E-state index is 0.0949. The zero-order valence-corrected chi connectivity index (χ0v) is 13.1. The smallest absolute Gasteiger partial charge is 0.131 e. The summed E-state index contributed by atoms with van der Waals surface area (Å²) in [5, 5.41) is 0. The summed E-state index contributed by atoms with van der Waals surface area (Å²) in [6.07, 6.45) is 1.97. The molecule has 0 radical (unpaired) electrons. The van der Waals surface area contributed by atoms with E-state index < -0.39 is 0 Å². The molecule has 0 spiro atoms. The highest BCUT2D eigenvalue weighted by molar-refractivity contribution is 5.29. The quantitative estimate of drug-likeness (QED) is 0.796. The molecule has 1 rings (SSSR count). The lowest BCUT2D eigenvalue weighted by Crippen LogP contribution is -2.51. The Labute approximate surface area is 121 Å². The van der Waals surface area contributed by atoms with Gasteiger partial charge in [0.05, 0.1) is 7.11 Å². The molecule has 0 fully saturated rings. The molecule has 0 bridgehead atoms. The van der Waals surface area contributed by atoms with Crippen LogP contribution in [0.4, 0.5) is 4.39 Å². The van der Waals surface area contributed by atoms with E-state index in [2.05, 4.69) is 25.7 Å². The van der Waals surface area contributed by atoms with Crippen LogP contribution in [-0.4, -0.2) is 30.6 Å². The Morgan fingerprint density at radius 2 is 2.05 bits per heavy atom. The number of hydrogen-bond acceptors (Lipinski definition) is 3. The van der Waals surface area contributed by atoms with Crippen LogP contribution in [0.5, 0.6) is 5.75 Å². The number of nitrogens with two attached hydrogens (primary N) is 1. The Kier molecular flexibility index (Phi) is 6.43. The number of benzene rings is 1. The second kappa shape index (κ2) is 7.60. The molecule has 0 aromatic heterocycles. The number of halogens is 1. The molecule has 1 atom stereocenters. The highest BCUT2D eigenvalue weighted by Gasteiger charge is 2.28. The molecule has 0 amide bonds. The highest BCUT2D eigenvalue weighted by atomic mass is 19.1. The maximum atomic E-state index is 14.1. The van der Waals surface area contributed by atoms with Gasteiger partial charge >= 0.3 is 0 Å². The van der Waals surface area contributed by atoms with Gasteiger partial charge in [-0.1, -0.05) is 19.9 Å². The van der Waals surface area contributed by atoms with Crippen molar-refractivity contribution in [2.45, 2.75) is 45.7 Å². The van der Waals surface area contributed by atoms with Crippen LogP contribution in [0.3, 0.4) is 0 Å². The van der Waals surface area contributed by atoms with E-state index in [1.54, 1.807) is 19.2 Å². The molecule has 0 aliphatic carbocycles. The molecule has 3 nitrogen and oxygen atoms in total. The van der Waals surface area contributed by atoms with E-state index >= 15 is 0 Å². The summed E-state index contributed by atoms with van der Waals surface area (Å²) in [5.74, 6) is 0.325. The van der Waals surface area contributed by atoms with Crippen LogP contribution in [-0.2, 0) is 6.54 Å². The van der Waals surface area contributed by atoms with Gasteiger partial charge in [-0.25, -0.2) is 4.39 Å². The van der Waals surface area contributed by atoms with Crippen molar-refractivity contribution in [2.24, 2.45) is 5.73 Å². The van der Waals surface area contributed by atoms with Gasteiger partial charge < -0.3 is 10.5 Å². The van der Waals surface area contributed by atoms with Crippen LogP contribution < -0.4 is 10.5 Å². The third-order valence-electron chi connectivity index (χ3n) is 4.08. The number of nitrogens with zero attached hydrogens (tertiary/aromatic N) is 1. The first kappa shape index (κ1) is 16.9. The van der Waals surface area contributed by atoms with Crippen LogP contribution in [0.15, 0.2) is 18.2 Å². The molecular formula is C16H27FN2O. The van der Waals surface area contributed by atoms with E-state index in [1.165, 1.54) is 6.07 Å². The summed E-state index contributed by atoms with van der Waals surface area (Å²) in [5.41, 5.74) is 6.52. The van der Waals surface area contributed by atoms with Gasteiger partial charge in [0.2, 0.25) is 0 Å². The summed E-state index contributed by atoms with van der Waals surface area (Å²) < 4.78 is 19.1. The molecular weight excluding hydrogens is 255 g/mol. The minimum atomic E-state index is -0.221. The predicted molar refractivity (Wildman–Crippen MR) is 81.4 cm³/mol. The monoisotopic (exact) mass is 282 g/mol. The van der Waals surface area contributed by atoms with Crippen molar-refractivity contribution in [3.8, 4) is 5.75 Å². The molecule has 1 unspecified atom stereocenters. The van der Waals surface area contributed by atoms with Crippen molar-refractivity contribution in [3.63, 3.8) is 0 Å². The van der Waals surface area contributed by atoms with Gasteiger partial charge in [-0.3, -0.25) is 4.90 Å². The predicted octanol–water partition coefficient (Wildman–Crippen LogP) is 3.17. The summed E-state index contributed by atoms with van der Waals surface area (Å²) >= 11 is 0. The normalized spacial score (nSPS) is 14.3. The first-order chi connectivity index (χ1) is 9.50. The van der Waals surface area contributed by atoms with E-state index in [-0.39, 0.29) is 11.4 Å². The molecule has 0 saturated carbocycles. The lowest BCUT2D eigenvalue weighted by Gasteiger charge is -2.40. The van der Waals surface area contributed by atoms with Crippen molar-refractivity contribution in [1.82, 2.24) is 4.90 Å². The van der Waals surface area contributed by atoms with Gasteiger partial charge in [0.15, 0.2) is 0 Å². The van der Waals surface area contributed by atoms with Gasteiger partial charge in [0.1, 0.15) is 11.6 Å². The molecule has 20 heavy (non-hydrogen) atoms. The van der Waals surface area contributed by atoms with Gasteiger partial charge in [-0.2, -0.15) is 0 Å². The molecule has 2 N–H and O–H groups in total. The van der Waals surface area contributed by atoms with Crippen LogP contribution in [0.2, 0.25) is 0 Å². The maximum absolute atomic E-state index is 14.1. The standard InChI is InChI=1S/C16H27FN2O/c1-5-9-19(16(3,6-2)12-18)11-13-7-8-14(20-4)10-15(13)17/h7-8,10H,5-6,9,11-12,18H2,1-4H3. The molecule has 0 saturated heterocycles. The summed E-state index contributed by atoms with van der Waals surface area (Å²) in [7, 11) is 1.54. The minimum Gasteiger partial charge on any atom is -0.497 e. The van der Waals surface area contributed by atoms with E-state index in [0.29, 0.717) is 24.4 Å². The largest absolute Gasteiger partial charge is 0.497 e. The van der Waals surface area contributed by atoms with Gasteiger partial charge in [0.25, 0.3) is 0 Å². The lowest BCUT2D eigenvalue weighted by molar-refractivity contribution is 0.0959. The van der Waals surface area contributed by atoms with Crippen LogP contribution in [0.25, 0.3) is 0 Å². The Hall–Kier alpha value is -1.13. The topological polar surface area (TPSA) is 38.5 Å². The Morgan fingerprint density at radius 3 is 2.50 bits per heavy atom. The fraction of sp³-hybridized carbons (Fsp3) is 0.625. The second-order valence-corrected chi connectivity index (χ2v) is 5.43. The molecule has 0 heterocycles. The van der Waals surface area contributed by atoms with E-state index in [0.717, 1.165) is 19.4 Å². The van der Waals surface area contributed by atoms with Gasteiger partial charge in [0, 0.05) is 30.3 Å². The van der Waals surface area contributed by atoms with Crippen molar-refractivity contribution in [1.29, 1.82) is 0 Å². The lowest BCUT2D eigenvalue weighted by atomic mass is 9.95. The average molecular weight is 282 g/mol. The summed E-state index contributed by atoms with van der Waals surface area (Å²) in [6, 6.07) is 5.03. The Morgan fingerprint density at radius 1 is 1.35 bits per heavy atom. The molecule has 4 heteroatoms. The van der Waals surface area contributed by atoms with Crippen molar-refractivity contribution in [2.75, 3.05) is 20.2 Å². The summed E-state index contributed by atoms with van der Waals surface area (Å²) in [6.45, 7) is 8.45. The van der Waals surface area contributed by atoms with Gasteiger partial charge in [-0.15, -0.1) is 0 Å². The van der Waals surface area contributed by atoms with Crippen molar-refractivity contribution in [3.05, 3.63) is 29.6 Å². The fourth-order valence-electron chi connectivity index (χ4n) is 2.30. The Bertz CT molecular complexity index is 419. The number of rotatable bonds is 8. The first-order valence-corrected chi connectivity index (χ1v) is 7.28. The third kappa shape index (κ3) is 3.93. The Balaban J connectivity index is 2.96. The molecule has 1 aromatic rings. The zero-order valence-electron chi connectivity index (χ0n) is 13.1. The van der Waals surface area contributed by atoms with Crippen molar-refractivity contribution >= 4 is 0 Å². The van der Waals surface area contributed by atoms with Crippen molar-refractivity contribution < 1.29 is 9.13 Å². The second-order valence-electron chi connectivity index (χ2n) is 5.43. The number of methoxy groups -OCH3 is 1. The zero-order chi connectivity index (χ0) is 15.2. The molecule has 0 aliphatic heterocycles. The highest BCUT2D eigenvalue weighted by Crippen LogP contribution is 2.24. The molecule has 114 valence electrons. The third-order valence-corrected chi connectivity index (χ3v) is 4.08. The SMILES string of the molecule is CCCN(Cc1ccc(OC)cc1F)C(C)(CC)CN. The van der Waals surface area contributed by atoms with Crippen LogP contribution in [0.1, 0.15) is 39.2 Å². The van der Waals surface area contributed by atoms with Gasteiger partial charge in [-0.05, 0) is 32.4 Å². The molecule has 0 aliphatic rings. The average Bonchev–Trinajstić information content (AvgIpc) is 2.47.